The van der Waals surface area contributed by atoms with Crippen LogP contribution in [0.4, 0.5) is 0 Å². The molecule has 0 spiro atoms. The van der Waals surface area contributed by atoms with Crippen LogP contribution in [0.15, 0.2) is 46.9 Å². The quantitative estimate of drug-likeness (QED) is 0.524. The van der Waals surface area contributed by atoms with E-state index >= 15 is 0 Å². The number of rotatable bonds is 3. The Labute approximate surface area is 159 Å². The number of hydrogen-bond donors (Lipinski definition) is 3. The molecule has 0 radical (unpaired) electrons. The lowest BCUT2D eigenvalue weighted by atomic mass is 10.1. The summed E-state index contributed by atoms with van der Waals surface area (Å²) >= 11 is 8.38. The number of aryl methyl sites for hydroxylation is 1. The normalized spacial score (nSPS) is 9.88. The summed E-state index contributed by atoms with van der Waals surface area (Å²) in [6.07, 6.45) is 0. The standard InChI is InChI=1S/C17H16BrN3O3S/c1-10-3-4-12(9-14(10)18)15(22)19-17(25)21-20-16(23)11-5-7-13(24-2)8-6-11/h3-9H,1-2H3,(H,20,23)(H2,19,21,22,25). The molecule has 0 heterocycles. The number of hydrazine groups is 1. The first kappa shape index (κ1) is 18.9. The van der Waals surface area contributed by atoms with Gasteiger partial charge in [0.2, 0.25) is 0 Å². The number of ether oxygens (including phenoxy) is 1. The summed E-state index contributed by atoms with van der Waals surface area (Å²) in [4.78, 5) is 24.1. The summed E-state index contributed by atoms with van der Waals surface area (Å²) in [5.74, 6) is -0.120. The van der Waals surface area contributed by atoms with Crippen molar-refractivity contribution in [2.24, 2.45) is 0 Å². The van der Waals surface area contributed by atoms with Crippen LogP contribution >= 0.6 is 28.1 Å². The van der Waals surface area contributed by atoms with Crippen molar-refractivity contribution < 1.29 is 14.3 Å². The van der Waals surface area contributed by atoms with Crippen LogP contribution in [-0.4, -0.2) is 24.0 Å². The van der Waals surface area contributed by atoms with Gasteiger partial charge in [-0.2, -0.15) is 0 Å². The number of nitrogens with one attached hydrogen (secondary N) is 3. The Bertz CT molecular complexity index is 809. The number of amides is 2. The van der Waals surface area contributed by atoms with Crippen LogP contribution in [0, 0.1) is 6.92 Å². The molecule has 6 nitrogen and oxygen atoms in total. The van der Waals surface area contributed by atoms with E-state index in [2.05, 4.69) is 32.1 Å². The molecular formula is C17H16BrN3O3S. The highest BCUT2D eigenvalue weighted by atomic mass is 79.9. The van der Waals surface area contributed by atoms with E-state index in [0.717, 1.165) is 10.0 Å². The van der Waals surface area contributed by atoms with Crippen molar-refractivity contribution in [1.29, 1.82) is 0 Å². The monoisotopic (exact) mass is 421 g/mol. The third-order valence-corrected chi connectivity index (χ3v) is 4.36. The van der Waals surface area contributed by atoms with Crippen LogP contribution < -0.4 is 20.9 Å². The first-order valence-corrected chi connectivity index (χ1v) is 8.42. The maximum absolute atomic E-state index is 12.1. The van der Waals surface area contributed by atoms with E-state index in [-0.39, 0.29) is 11.0 Å². The minimum atomic E-state index is -0.391. The first-order chi connectivity index (χ1) is 11.9. The molecule has 0 aliphatic carbocycles. The second-order valence-corrected chi connectivity index (χ2v) is 6.32. The van der Waals surface area contributed by atoms with Crippen molar-refractivity contribution in [2.45, 2.75) is 6.92 Å². The molecule has 2 amide bonds. The lowest BCUT2D eigenvalue weighted by molar-refractivity contribution is 0.0934. The van der Waals surface area contributed by atoms with E-state index in [1.54, 1.807) is 43.5 Å². The number of methoxy groups -OCH3 is 1. The van der Waals surface area contributed by atoms with Crippen LogP contribution in [0.1, 0.15) is 26.3 Å². The van der Waals surface area contributed by atoms with Crippen LogP contribution in [0.3, 0.4) is 0 Å². The zero-order chi connectivity index (χ0) is 18.4. The van der Waals surface area contributed by atoms with Crippen LogP contribution in [0.2, 0.25) is 0 Å². The van der Waals surface area contributed by atoms with Gasteiger partial charge >= 0.3 is 0 Å². The predicted molar refractivity (Wildman–Crippen MR) is 103 cm³/mol. The molecule has 8 heteroatoms. The molecule has 2 aromatic rings. The zero-order valence-corrected chi connectivity index (χ0v) is 16.0. The first-order valence-electron chi connectivity index (χ1n) is 7.22. The van der Waals surface area contributed by atoms with Gasteiger partial charge in [-0.15, -0.1) is 0 Å². The topological polar surface area (TPSA) is 79.5 Å². The Morgan fingerprint density at radius 3 is 2.24 bits per heavy atom. The van der Waals surface area contributed by atoms with Crippen molar-refractivity contribution in [1.82, 2.24) is 16.2 Å². The van der Waals surface area contributed by atoms with Gasteiger partial charge in [-0.1, -0.05) is 22.0 Å². The molecule has 0 aliphatic heterocycles. The van der Waals surface area contributed by atoms with E-state index in [9.17, 15) is 9.59 Å². The predicted octanol–water partition coefficient (Wildman–Crippen LogP) is 2.72. The molecule has 2 rings (SSSR count). The average Bonchev–Trinajstić information content (AvgIpc) is 2.62. The maximum Gasteiger partial charge on any atom is 0.269 e. The summed E-state index contributed by atoms with van der Waals surface area (Å²) in [5, 5.41) is 2.48. The Hall–Kier alpha value is -2.45. The number of thiocarbonyl (C=S) groups is 1. The second kappa shape index (κ2) is 8.59. The minimum absolute atomic E-state index is 0.0106. The third kappa shape index (κ3) is 5.27. The summed E-state index contributed by atoms with van der Waals surface area (Å²) in [6, 6.07) is 11.8. The molecule has 0 aromatic heterocycles. The Morgan fingerprint density at radius 2 is 1.64 bits per heavy atom. The molecule has 25 heavy (non-hydrogen) atoms. The van der Waals surface area contributed by atoms with Crippen LogP contribution in [0.5, 0.6) is 5.75 Å². The molecule has 0 aliphatic rings. The average molecular weight is 422 g/mol. The number of halogens is 1. The van der Waals surface area contributed by atoms with Gasteiger partial charge in [-0.25, -0.2) is 0 Å². The summed E-state index contributed by atoms with van der Waals surface area (Å²) in [7, 11) is 1.55. The molecule has 0 unspecified atom stereocenters. The van der Waals surface area contributed by atoms with Gasteiger partial charge in [0.1, 0.15) is 5.75 Å². The van der Waals surface area contributed by atoms with Gasteiger partial charge in [0.05, 0.1) is 7.11 Å². The molecule has 3 N–H and O–H groups in total. The Morgan fingerprint density at radius 1 is 1.00 bits per heavy atom. The number of carbonyl (C=O) groups excluding carboxylic acids is 2. The number of benzene rings is 2. The summed E-state index contributed by atoms with van der Waals surface area (Å²) in [6.45, 7) is 1.92. The van der Waals surface area contributed by atoms with Gasteiger partial charge in [0.25, 0.3) is 11.8 Å². The Balaban J connectivity index is 1.87. The fraction of sp³-hybridized carbons (Fsp3) is 0.118. The van der Waals surface area contributed by atoms with Crippen molar-refractivity contribution in [2.75, 3.05) is 7.11 Å². The van der Waals surface area contributed by atoms with Gasteiger partial charge in [0.15, 0.2) is 5.11 Å². The molecule has 0 fully saturated rings. The van der Waals surface area contributed by atoms with Crippen molar-refractivity contribution in [3.63, 3.8) is 0 Å². The summed E-state index contributed by atoms with van der Waals surface area (Å²) < 4.78 is 5.86. The van der Waals surface area contributed by atoms with E-state index in [1.807, 2.05) is 13.0 Å². The van der Waals surface area contributed by atoms with Crippen LogP contribution in [-0.2, 0) is 0 Å². The lowest BCUT2D eigenvalue weighted by Crippen LogP contribution is -2.48. The highest BCUT2D eigenvalue weighted by molar-refractivity contribution is 9.10. The molecule has 130 valence electrons. The Kier molecular flexibility index (Phi) is 6.49. The van der Waals surface area contributed by atoms with Crippen LogP contribution in [0.25, 0.3) is 0 Å². The van der Waals surface area contributed by atoms with Gasteiger partial charge in [-0.05, 0) is 61.1 Å². The zero-order valence-electron chi connectivity index (χ0n) is 13.6. The maximum atomic E-state index is 12.1. The smallest absolute Gasteiger partial charge is 0.269 e. The summed E-state index contributed by atoms with van der Waals surface area (Å²) in [5.41, 5.74) is 6.80. The largest absolute Gasteiger partial charge is 0.497 e. The van der Waals surface area contributed by atoms with E-state index in [4.69, 9.17) is 17.0 Å². The molecule has 0 bridgehead atoms. The fourth-order valence-electron chi connectivity index (χ4n) is 1.87. The number of hydrogen-bond acceptors (Lipinski definition) is 4. The molecule has 0 saturated heterocycles. The lowest BCUT2D eigenvalue weighted by Gasteiger charge is -2.11. The third-order valence-electron chi connectivity index (χ3n) is 3.30. The molecule has 2 aromatic carbocycles. The van der Waals surface area contributed by atoms with Gasteiger partial charge in [-0.3, -0.25) is 25.8 Å². The second-order valence-electron chi connectivity index (χ2n) is 5.05. The van der Waals surface area contributed by atoms with E-state index < -0.39 is 5.91 Å². The highest BCUT2D eigenvalue weighted by Crippen LogP contribution is 2.17. The fourth-order valence-corrected chi connectivity index (χ4v) is 2.39. The van der Waals surface area contributed by atoms with Gasteiger partial charge < -0.3 is 4.74 Å². The van der Waals surface area contributed by atoms with E-state index in [1.165, 1.54) is 0 Å². The van der Waals surface area contributed by atoms with Crippen molar-refractivity contribution in [3.8, 4) is 5.75 Å². The van der Waals surface area contributed by atoms with Gasteiger partial charge in [0, 0.05) is 15.6 Å². The molecular weight excluding hydrogens is 406 g/mol. The SMILES string of the molecule is COc1ccc(C(=O)NNC(=S)NC(=O)c2ccc(C)c(Br)c2)cc1. The highest BCUT2D eigenvalue weighted by Gasteiger charge is 2.10. The molecule has 0 saturated carbocycles. The molecule has 0 atom stereocenters. The number of carbonyl (C=O) groups is 2. The van der Waals surface area contributed by atoms with E-state index in [0.29, 0.717) is 16.9 Å². The van der Waals surface area contributed by atoms with Crippen molar-refractivity contribution >= 4 is 45.1 Å². The van der Waals surface area contributed by atoms with Crippen molar-refractivity contribution in [3.05, 3.63) is 63.6 Å². The minimum Gasteiger partial charge on any atom is -0.497 e.